The van der Waals surface area contributed by atoms with E-state index in [0.29, 0.717) is 36.5 Å². The van der Waals surface area contributed by atoms with Crippen molar-refractivity contribution in [2.24, 2.45) is 5.41 Å². The van der Waals surface area contributed by atoms with Gasteiger partial charge in [-0.25, -0.2) is 0 Å². The fraction of sp³-hybridized carbons (Fsp3) is 0.290. The van der Waals surface area contributed by atoms with E-state index in [1.54, 1.807) is 18.9 Å². The van der Waals surface area contributed by atoms with E-state index >= 15 is 0 Å². The lowest BCUT2D eigenvalue weighted by Gasteiger charge is -2.37. The van der Waals surface area contributed by atoms with Crippen LogP contribution >= 0.6 is 0 Å². The Morgan fingerprint density at radius 2 is 1.73 bits per heavy atom. The van der Waals surface area contributed by atoms with Crippen LogP contribution in [0.15, 0.2) is 84.1 Å². The molecule has 6 heteroatoms. The van der Waals surface area contributed by atoms with Gasteiger partial charge in [0.25, 0.3) is 0 Å². The zero-order valence-electron chi connectivity index (χ0n) is 21.7. The molecule has 1 aliphatic carbocycles. The summed E-state index contributed by atoms with van der Waals surface area (Å²) in [4.78, 5) is 28.7. The number of fused-ring (bicyclic) bond motifs is 1. The molecular formula is C31H32N2O4. The van der Waals surface area contributed by atoms with E-state index in [0.717, 1.165) is 28.2 Å². The number of anilines is 2. The Morgan fingerprint density at radius 1 is 1.00 bits per heavy atom. The van der Waals surface area contributed by atoms with E-state index in [9.17, 15) is 9.59 Å². The fourth-order valence-corrected chi connectivity index (χ4v) is 5.36. The van der Waals surface area contributed by atoms with Crippen molar-refractivity contribution < 1.29 is 19.1 Å². The van der Waals surface area contributed by atoms with Crippen molar-refractivity contribution in [2.75, 3.05) is 17.3 Å². The molecule has 37 heavy (non-hydrogen) atoms. The highest BCUT2D eigenvalue weighted by atomic mass is 16.5. The molecule has 3 aromatic rings. The van der Waals surface area contributed by atoms with E-state index in [1.807, 2.05) is 72.8 Å². The van der Waals surface area contributed by atoms with Gasteiger partial charge in [-0.05, 0) is 47.2 Å². The molecule has 0 fully saturated rings. The van der Waals surface area contributed by atoms with Crippen molar-refractivity contribution in [3.63, 3.8) is 0 Å². The van der Waals surface area contributed by atoms with Crippen LogP contribution in [0, 0.1) is 5.41 Å². The Bertz CT molecular complexity index is 1380. The summed E-state index contributed by atoms with van der Waals surface area (Å²) in [7, 11) is 1.60. The summed E-state index contributed by atoms with van der Waals surface area (Å²) in [5.74, 6) is 1.05. The molecule has 3 aromatic carbocycles. The van der Waals surface area contributed by atoms with Gasteiger partial charge in [0.15, 0.2) is 17.3 Å². The number of amides is 1. The smallest absolute Gasteiger partial charge is 0.224 e. The first-order valence-electron chi connectivity index (χ1n) is 12.5. The molecule has 0 saturated heterocycles. The summed E-state index contributed by atoms with van der Waals surface area (Å²) < 4.78 is 11.8. The maximum atomic E-state index is 13.7. The number of nitrogens with zero attached hydrogens (tertiary/aromatic N) is 1. The predicted molar refractivity (Wildman–Crippen MR) is 145 cm³/mol. The molecule has 0 saturated carbocycles. The first-order chi connectivity index (χ1) is 17.8. The number of ether oxygens (including phenoxy) is 2. The van der Waals surface area contributed by atoms with Gasteiger partial charge in [0, 0.05) is 24.6 Å². The zero-order chi connectivity index (χ0) is 26.2. The molecule has 190 valence electrons. The molecule has 1 atom stereocenters. The molecule has 0 aromatic heterocycles. The molecule has 0 spiro atoms. The molecule has 1 unspecified atom stereocenters. The lowest BCUT2D eigenvalue weighted by atomic mass is 9.73. The second kappa shape index (κ2) is 9.77. The van der Waals surface area contributed by atoms with Crippen molar-refractivity contribution in [2.45, 2.75) is 46.3 Å². The van der Waals surface area contributed by atoms with Crippen molar-refractivity contribution >= 4 is 23.1 Å². The van der Waals surface area contributed by atoms with Gasteiger partial charge in [0.1, 0.15) is 6.61 Å². The average molecular weight is 497 g/mol. The second-order valence-electron chi connectivity index (χ2n) is 10.5. The minimum absolute atomic E-state index is 0.0466. The van der Waals surface area contributed by atoms with Crippen molar-refractivity contribution in [3.8, 4) is 11.5 Å². The Balaban J connectivity index is 1.66. The number of hydrogen-bond donors (Lipinski definition) is 1. The molecule has 0 bridgehead atoms. The van der Waals surface area contributed by atoms with Gasteiger partial charge in [-0.15, -0.1) is 0 Å². The summed E-state index contributed by atoms with van der Waals surface area (Å²) >= 11 is 0. The normalized spacial score (nSPS) is 18.3. The second-order valence-corrected chi connectivity index (χ2v) is 10.5. The quantitative estimate of drug-likeness (QED) is 0.440. The Hall–Kier alpha value is -4.06. The molecule has 2 aliphatic rings. The minimum Gasteiger partial charge on any atom is -0.493 e. The summed E-state index contributed by atoms with van der Waals surface area (Å²) in [6.07, 6.45) is 1.12. The van der Waals surface area contributed by atoms with E-state index in [-0.39, 0.29) is 17.1 Å². The van der Waals surface area contributed by atoms with Gasteiger partial charge in [0.2, 0.25) is 5.91 Å². The highest BCUT2D eigenvalue weighted by molar-refractivity contribution is 6.05. The van der Waals surface area contributed by atoms with Gasteiger partial charge in [-0.2, -0.15) is 0 Å². The van der Waals surface area contributed by atoms with Gasteiger partial charge >= 0.3 is 0 Å². The Labute approximate surface area is 217 Å². The number of hydrogen-bond acceptors (Lipinski definition) is 5. The van der Waals surface area contributed by atoms with Crippen molar-refractivity contribution in [3.05, 3.63) is 95.2 Å². The number of carbonyl (C=O) groups is 2. The van der Waals surface area contributed by atoms with Crippen molar-refractivity contribution in [1.82, 2.24) is 0 Å². The fourth-order valence-electron chi connectivity index (χ4n) is 5.36. The largest absolute Gasteiger partial charge is 0.493 e. The number of ketones is 1. The monoisotopic (exact) mass is 496 g/mol. The number of methoxy groups -OCH3 is 1. The van der Waals surface area contributed by atoms with Gasteiger partial charge in [0.05, 0.1) is 24.5 Å². The number of Topliss-reactive ketones (excluding diaryl/α,β-unsaturated/α-hetero) is 1. The van der Waals surface area contributed by atoms with Gasteiger partial charge in [-0.1, -0.05) is 62.4 Å². The molecular weight excluding hydrogens is 464 g/mol. The summed E-state index contributed by atoms with van der Waals surface area (Å²) in [5, 5.41) is 3.52. The van der Waals surface area contributed by atoms with Crippen LogP contribution in [-0.4, -0.2) is 18.8 Å². The van der Waals surface area contributed by atoms with Crippen LogP contribution in [0.2, 0.25) is 0 Å². The molecule has 1 aliphatic heterocycles. The maximum absolute atomic E-state index is 13.7. The van der Waals surface area contributed by atoms with Crippen LogP contribution in [0.1, 0.15) is 50.8 Å². The first kappa shape index (κ1) is 24.6. The third kappa shape index (κ3) is 4.84. The number of nitrogens with one attached hydrogen (secondary N) is 1. The highest BCUT2D eigenvalue weighted by Gasteiger charge is 2.42. The lowest BCUT2D eigenvalue weighted by Crippen LogP contribution is -2.38. The van der Waals surface area contributed by atoms with E-state index < -0.39 is 6.04 Å². The van der Waals surface area contributed by atoms with Crippen LogP contribution < -0.4 is 19.7 Å². The van der Waals surface area contributed by atoms with Crippen molar-refractivity contribution in [1.29, 1.82) is 0 Å². The number of rotatable bonds is 5. The Kier molecular flexibility index (Phi) is 6.50. The third-order valence-corrected chi connectivity index (χ3v) is 6.98. The maximum Gasteiger partial charge on any atom is 0.224 e. The third-order valence-electron chi connectivity index (χ3n) is 6.98. The summed E-state index contributed by atoms with van der Waals surface area (Å²) in [6.45, 7) is 6.12. The van der Waals surface area contributed by atoms with Crippen LogP contribution in [0.4, 0.5) is 11.4 Å². The van der Waals surface area contributed by atoms with Crippen LogP contribution in [0.25, 0.3) is 0 Å². The Morgan fingerprint density at radius 3 is 2.46 bits per heavy atom. The van der Waals surface area contributed by atoms with Gasteiger partial charge in [-0.3, -0.25) is 14.5 Å². The highest BCUT2D eigenvalue weighted by Crippen LogP contribution is 2.49. The molecule has 1 amide bonds. The molecule has 1 heterocycles. The minimum atomic E-state index is -0.600. The molecule has 1 N–H and O–H groups in total. The van der Waals surface area contributed by atoms with Gasteiger partial charge < -0.3 is 14.8 Å². The van der Waals surface area contributed by atoms with Crippen LogP contribution in [0.3, 0.4) is 0 Å². The molecule has 6 nitrogen and oxygen atoms in total. The number of benzene rings is 3. The van der Waals surface area contributed by atoms with E-state index in [4.69, 9.17) is 9.47 Å². The predicted octanol–water partition coefficient (Wildman–Crippen LogP) is 6.44. The van der Waals surface area contributed by atoms with E-state index in [2.05, 4.69) is 19.2 Å². The summed E-state index contributed by atoms with van der Waals surface area (Å²) in [5.41, 5.74) is 4.68. The average Bonchev–Trinajstić information content (AvgIpc) is 3.01. The van der Waals surface area contributed by atoms with Crippen LogP contribution in [0.5, 0.6) is 11.5 Å². The number of carbonyl (C=O) groups excluding carboxylic acids is 2. The SMILES string of the molecule is COc1ccc(C2C3=C(CC(C)(C)CC3=O)Nc3ccccc3N2C(C)=O)cc1OCc1ccccc1. The number of allylic oxidation sites excluding steroid dienone is 1. The van der Waals surface area contributed by atoms with E-state index in [1.165, 1.54) is 0 Å². The number of para-hydroxylation sites is 2. The van der Waals surface area contributed by atoms with Crippen LogP contribution in [-0.2, 0) is 16.2 Å². The lowest BCUT2D eigenvalue weighted by molar-refractivity contribution is -0.118. The molecule has 0 radical (unpaired) electrons. The zero-order valence-corrected chi connectivity index (χ0v) is 21.7. The summed E-state index contributed by atoms with van der Waals surface area (Å²) in [6, 6.07) is 22.7. The molecule has 5 rings (SSSR count). The topological polar surface area (TPSA) is 67.9 Å². The first-order valence-corrected chi connectivity index (χ1v) is 12.5. The standard InChI is InChI=1S/C31H32N2O4/c1-20(34)33-25-13-9-8-12-23(25)32-24-17-31(2,3)18-26(35)29(24)30(33)22-14-15-27(36-4)28(16-22)37-19-21-10-6-5-7-11-21/h5-16,30,32H,17-19H2,1-4H3.